The number of rotatable bonds is 17. The summed E-state index contributed by atoms with van der Waals surface area (Å²) < 4.78 is 72.6. The fourth-order valence-corrected chi connectivity index (χ4v) is 5.15. The van der Waals surface area contributed by atoms with Crippen molar-refractivity contribution in [3.63, 3.8) is 0 Å². The van der Waals surface area contributed by atoms with Crippen molar-refractivity contribution in [1.29, 1.82) is 0 Å². The minimum absolute atomic E-state index is 0.0958. The zero-order valence-electron chi connectivity index (χ0n) is 24.2. The third-order valence-electron chi connectivity index (χ3n) is 5.62. The van der Waals surface area contributed by atoms with Crippen LogP contribution in [0.1, 0.15) is 27.7 Å². The molecule has 14 heteroatoms. The van der Waals surface area contributed by atoms with E-state index in [4.69, 9.17) is 37.3 Å². The molecule has 0 aliphatic heterocycles. The van der Waals surface area contributed by atoms with Gasteiger partial charge in [0.15, 0.2) is 12.2 Å². The zero-order valence-corrected chi connectivity index (χ0v) is 25.1. The molecule has 0 bridgehead atoms. The Morgan fingerprint density at radius 2 is 1.17 bits per heavy atom. The van der Waals surface area contributed by atoms with Crippen LogP contribution in [0.3, 0.4) is 0 Å². The lowest BCUT2D eigenvalue weighted by molar-refractivity contribution is -0.224. The number of ether oxygens (including phenoxy) is 5. The van der Waals surface area contributed by atoms with Crippen LogP contribution in [0.15, 0.2) is 60.7 Å². The molecular formula is C28H36FO12P. The Kier molecular flexibility index (Phi) is 13.9. The van der Waals surface area contributed by atoms with E-state index >= 15 is 4.39 Å². The molecule has 2 rings (SSSR count). The van der Waals surface area contributed by atoms with Gasteiger partial charge in [0.05, 0.1) is 6.61 Å². The number of phosphoric acid groups is 1. The SMILES string of the molecule is COC[C@H](F)C(C)C(OC(C)=O)C(OC(C)=O)C(OC(C)=O)C(OC)OP(=O)(Oc1ccccc1)Oc1ccccc1. The molecule has 12 nitrogen and oxygen atoms in total. The average Bonchev–Trinajstić information content (AvgIpc) is 2.93. The molecule has 0 amide bonds. The predicted molar refractivity (Wildman–Crippen MR) is 146 cm³/mol. The number of phosphoric ester groups is 1. The topological polar surface area (TPSA) is 142 Å². The van der Waals surface area contributed by atoms with E-state index in [0.717, 1.165) is 27.9 Å². The van der Waals surface area contributed by atoms with Gasteiger partial charge in [-0.2, -0.15) is 0 Å². The second-order valence-electron chi connectivity index (χ2n) is 9.02. The summed E-state index contributed by atoms with van der Waals surface area (Å²) in [6.45, 7) is 4.13. The molecule has 2 aromatic carbocycles. The van der Waals surface area contributed by atoms with E-state index in [2.05, 4.69) is 0 Å². The highest BCUT2D eigenvalue weighted by Crippen LogP contribution is 2.51. The summed E-state index contributed by atoms with van der Waals surface area (Å²) in [5, 5.41) is 0. The van der Waals surface area contributed by atoms with Crippen molar-refractivity contribution in [1.82, 2.24) is 0 Å². The summed E-state index contributed by atoms with van der Waals surface area (Å²) >= 11 is 0. The molecule has 0 spiro atoms. The van der Waals surface area contributed by atoms with Gasteiger partial charge in [-0.1, -0.05) is 43.3 Å². The molecule has 0 radical (unpaired) electrons. The highest BCUT2D eigenvalue weighted by atomic mass is 31.2. The Morgan fingerprint density at radius 1 is 0.738 bits per heavy atom. The summed E-state index contributed by atoms with van der Waals surface area (Å²) in [5.41, 5.74) is 0. The first kappa shape index (κ1) is 34.7. The first-order valence-corrected chi connectivity index (χ1v) is 14.3. The van der Waals surface area contributed by atoms with Crippen molar-refractivity contribution in [2.45, 2.75) is 58.5 Å². The van der Waals surface area contributed by atoms with Crippen LogP contribution >= 0.6 is 7.82 Å². The van der Waals surface area contributed by atoms with Gasteiger partial charge in [0.1, 0.15) is 23.8 Å². The van der Waals surface area contributed by atoms with E-state index in [1.165, 1.54) is 38.3 Å². The van der Waals surface area contributed by atoms with Crippen molar-refractivity contribution in [3.8, 4) is 11.5 Å². The molecule has 0 aliphatic rings. The van der Waals surface area contributed by atoms with Crippen LogP contribution < -0.4 is 9.05 Å². The number of hydrogen-bond donors (Lipinski definition) is 0. The lowest BCUT2D eigenvalue weighted by Gasteiger charge is -2.38. The van der Waals surface area contributed by atoms with E-state index in [1.54, 1.807) is 36.4 Å². The fourth-order valence-electron chi connectivity index (χ4n) is 3.81. The number of alkyl halides is 1. The van der Waals surface area contributed by atoms with Gasteiger partial charge >= 0.3 is 25.7 Å². The van der Waals surface area contributed by atoms with Gasteiger partial charge in [0.2, 0.25) is 6.29 Å². The van der Waals surface area contributed by atoms with Gasteiger partial charge in [-0.05, 0) is 24.3 Å². The summed E-state index contributed by atoms with van der Waals surface area (Å²) in [6.07, 6.45) is -8.59. The van der Waals surface area contributed by atoms with Gasteiger partial charge in [-0.3, -0.25) is 14.4 Å². The maximum atomic E-state index is 15.0. The van der Waals surface area contributed by atoms with Crippen molar-refractivity contribution in [2.75, 3.05) is 20.8 Å². The van der Waals surface area contributed by atoms with Crippen LogP contribution in [0.4, 0.5) is 4.39 Å². The molecule has 0 saturated carbocycles. The lowest BCUT2D eigenvalue weighted by atomic mass is 9.91. The van der Waals surface area contributed by atoms with Crippen LogP contribution in [0.25, 0.3) is 0 Å². The highest BCUT2D eigenvalue weighted by Gasteiger charge is 2.49. The summed E-state index contributed by atoms with van der Waals surface area (Å²) in [5.74, 6) is -3.63. The van der Waals surface area contributed by atoms with E-state index in [0.29, 0.717) is 0 Å². The molecule has 0 aliphatic carbocycles. The Balaban J connectivity index is 2.60. The number of hydrogen-bond acceptors (Lipinski definition) is 12. The molecule has 0 N–H and O–H groups in total. The van der Waals surface area contributed by atoms with Gasteiger partial charge in [0, 0.05) is 40.9 Å². The quantitative estimate of drug-likeness (QED) is 0.106. The third kappa shape index (κ3) is 11.1. The number of para-hydroxylation sites is 2. The second-order valence-corrected chi connectivity index (χ2v) is 10.5. The Bertz CT molecular complexity index is 1140. The molecule has 42 heavy (non-hydrogen) atoms. The molecule has 5 unspecified atom stereocenters. The van der Waals surface area contributed by atoms with Gasteiger partial charge in [0.25, 0.3) is 0 Å². The molecule has 232 valence electrons. The third-order valence-corrected chi connectivity index (χ3v) is 6.96. The first-order chi connectivity index (χ1) is 19.9. The van der Waals surface area contributed by atoms with Crippen molar-refractivity contribution in [3.05, 3.63) is 60.7 Å². The first-order valence-electron chi connectivity index (χ1n) is 12.8. The monoisotopic (exact) mass is 614 g/mol. The van der Waals surface area contributed by atoms with Crippen LogP contribution in [-0.2, 0) is 47.2 Å². The average molecular weight is 615 g/mol. The highest BCUT2D eigenvalue weighted by molar-refractivity contribution is 7.49. The Hall–Kier alpha value is -3.51. The molecule has 6 atom stereocenters. The minimum Gasteiger partial charge on any atom is -0.458 e. The van der Waals surface area contributed by atoms with Gasteiger partial charge in [-0.25, -0.2) is 13.5 Å². The summed E-state index contributed by atoms with van der Waals surface area (Å²) in [6, 6.07) is 15.8. The maximum absolute atomic E-state index is 15.0. The molecule has 0 heterocycles. The normalized spacial score (nSPS) is 15.7. The second kappa shape index (κ2) is 16.8. The van der Waals surface area contributed by atoms with Gasteiger partial charge < -0.3 is 32.7 Å². The van der Waals surface area contributed by atoms with Crippen LogP contribution in [0.5, 0.6) is 11.5 Å². The number of methoxy groups -OCH3 is 2. The molecule has 0 aromatic heterocycles. The van der Waals surface area contributed by atoms with Crippen molar-refractivity contribution in [2.24, 2.45) is 5.92 Å². The Labute approximate surface area is 243 Å². The van der Waals surface area contributed by atoms with E-state index in [9.17, 15) is 18.9 Å². The predicted octanol–water partition coefficient (Wildman–Crippen LogP) is 4.66. The van der Waals surface area contributed by atoms with Crippen molar-refractivity contribution < 1.29 is 60.6 Å². The molecule has 0 saturated heterocycles. The largest absolute Gasteiger partial charge is 0.590 e. The van der Waals surface area contributed by atoms with Crippen molar-refractivity contribution >= 4 is 25.7 Å². The lowest BCUT2D eigenvalue weighted by Crippen LogP contribution is -2.54. The number of carbonyl (C=O) groups excluding carboxylic acids is 3. The van der Waals surface area contributed by atoms with E-state index in [-0.39, 0.29) is 18.1 Å². The smallest absolute Gasteiger partial charge is 0.458 e. The van der Waals surface area contributed by atoms with Crippen LogP contribution in [0, 0.1) is 5.92 Å². The van der Waals surface area contributed by atoms with E-state index in [1.807, 2.05) is 0 Å². The number of halogens is 1. The Morgan fingerprint density at radius 3 is 1.57 bits per heavy atom. The standard InChI is InChI=1S/C28H36FO12P/c1-18(24(29)17-34-5)25(36-19(2)30)26(37-20(3)31)27(38-21(4)32)28(35-6)41-42(33,39-22-13-9-7-10-14-22)40-23-15-11-8-12-16-23/h7-16,18,24-28H,17H2,1-6H3/t18?,24-,25?,26?,27?,28?/m0/s1. The molecular weight excluding hydrogens is 578 g/mol. The summed E-state index contributed by atoms with van der Waals surface area (Å²) in [7, 11) is -2.28. The summed E-state index contributed by atoms with van der Waals surface area (Å²) in [4.78, 5) is 36.6. The van der Waals surface area contributed by atoms with Gasteiger partial charge in [-0.15, -0.1) is 0 Å². The number of esters is 3. The van der Waals surface area contributed by atoms with Crippen LogP contribution in [0.2, 0.25) is 0 Å². The zero-order chi connectivity index (χ0) is 31.3. The number of benzene rings is 2. The minimum atomic E-state index is -4.68. The van der Waals surface area contributed by atoms with E-state index < -0.39 is 62.4 Å². The number of carbonyl (C=O) groups is 3. The molecule has 0 fully saturated rings. The molecule has 2 aromatic rings. The fraction of sp³-hybridized carbons (Fsp3) is 0.464. The van der Waals surface area contributed by atoms with Crippen LogP contribution in [-0.4, -0.2) is 69.5 Å². The maximum Gasteiger partial charge on any atom is 0.590 e.